The van der Waals surface area contributed by atoms with Crippen molar-refractivity contribution in [1.29, 1.82) is 0 Å². The molecule has 0 nitrogen and oxygen atoms in total. The molecular formula is C11H7BrClFS. The van der Waals surface area contributed by atoms with Gasteiger partial charge in [0.15, 0.2) is 0 Å². The fraction of sp³-hybridized carbons (Fsp3) is 0.0909. The first kappa shape index (κ1) is 11.1. The second-order valence-electron chi connectivity index (χ2n) is 3.05. The zero-order chi connectivity index (χ0) is 10.8. The Kier molecular flexibility index (Phi) is 3.44. The van der Waals surface area contributed by atoms with Crippen molar-refractivity contribution < 1.29 is 4.39 Å². The maximum absolute atomic E-state index is 13.0. The third-order valence-corrected chi connectivity index (χ3v) is 4.19. The van der Waals surface area contributed by atoms with Crippen LogP contribution in [0.1, 0.15) is 15.8 Å². The van der Waals surface area contributed by atoms with Gasteiger partial charge in [-0.15, -0.1) is 22.9 Å². The Morgan fingerprint density at radius 3 is 2.73 bits per heavy atom. The highest BCUT2D eigenvalue weighted by Gasteiger charge is 2.12. The highest BCUT2D eigenvalue weighted by Crippen LogP contribution is 2.33. The molecule has 1 aromatic heterocycles. The molecule has 0 aliphatic rings. The van der Waals surface area contributed by atoms with E-state index in [0.717, 1.165) is 10.4 Å². The lowest BCUT2D eigenvalue weighted by Crippen LogP contribution is -1.91. The third-order valence-electron chi connectivity index (χ3n) is 2.03. The maximum Gasteiger partial charge on any atom is 0.137 e. The number of alkyl halides is 1. The molecule has 0 saturated heterocycles. The van der Waals surface area contributed by atoms with Crippen LogP contribution >= 0.6 is 38.9 Å². The van der Waals surface area contributed by atoms with Gasteiger partial charge in [-0.2, -0.15) is 0 Å². The lowest BCUT2D eigenvalue weighted by atomic mass is 10.1. The fourth-order valence-corrected chi connectivity index (χ4v) is 2.76. The van der Waals surface area contributed by atoms with Crippen LogP contribution in [0.25, 0.3) is 0 Å². The van der Waals surface area contributed by atoms with Gasteiger partial charge < -0.3 is 0 Å². The van der Waals surface area contributed by atoms with Gasteiger partial charge in [0.25, 0.3) is 0 Å². The predicted molar refractivity (Wildman–Crippen MR) is 66.1 cm³/mol. The van der Waals surface area contributed by atoms with E-state index in [0.29, 0.717) is 4.47 Å². The molecule has 1 aromatic carbocycles. The summed E-state index contributed by atoms with van der Waals surface area (Å²) in [6.07, 6.45) is 0. The first-order valence-electron chi connectivity index (χ1n) is 4.31. The van der Waals surface area contributed by atoms with E-state index in [9.17, 15) is 4.39 Å². The van der Waals surface area contributed by atoms with Gasteiger partial charge in [-0.25, -0.2) is 4.39 Å². The van der Waals surface area contributed by atoms with Gasteiger partial charge in [-0.05, 0) is 45.1 Å². The van der Waals surface area contributed by atoms with Gasteiger partial charge in [0, 0.05) is 4.88 Å². The van der Waals surface area contributed by atoms with Gasteiger partial charge in [0.1, 0.15) is 5.82 Å². The summed E-state index contributed by atoms with van der Waals surface area (Å²) in [4.78, 5) is 1.06. The molecule has 4 heteroatoms. The molecule has 15 heavy (non-hydrogen) atoms. The van der Waals surface area contributed by atoms with E-state index in [-0.39, 0.29) is 11.2 Å². The lowest BCUT2D eigenvalue weighted by Gasteiger charge is -2.08. The van der Waals surface area contributed by atoms with E-state index in [4.69, 9.17) is 11.6 Å². The fourth-order valence-electron chi connectivity index (χ4n) is 1.27. The van der Waals surface area contributed by atoms with Crippen LogP contribution in [0.5, 0.6) is 0 Å². The van der Waals surface area contributed by atoms with E-state index >= 15 is 0 Å². The molecule has 1 heterocycles. The van der Waals surface area contributed by atoms with Gasteiger partial charge in [-0.3, -0.25) is 0 Å². The van der Waals surface area contributed by atoms with Crippen molar-refractivity contribution in [1.82, 2.24) is 0 Å². The summed E-state index contributed by atoms with van der Waals surface area (Å²) in [5, 5.41) is 1.77. The lowest BCUT2D eigenvalue weighted by molar-refractivity contribution is 0.620. The van der Waals surface area contributed by atoms with Crippen LogP contribution in [0, 0.1) is 5.82 Å². The Hall–Kier alpha value is -0.380. The van der Waals surface area contributed by atoms with Crippen LogP contribution < -0.4 is 0 Å². The normalized spacial score (nSPS) is 12.7. The molecule has 2 rings (SSSR count). The first-order chi connectivity index (χ1) is 7.18. The van der Waals surface area contributed by atoms with Crippen molar-refractivity contribution in [3.8, 4) is 0 Å². The molecule has 1 unspecified atom stereocenters. The van der Waals surface area contributed by atoms with E-state index in [1.807, 2.05) is 17.5 Å². The Bertz CT molecular complexity index is 456. The van der Waals surface area contributed by atoms with E-state index in [1.165, 1.54) is 6.07 Å². The Morgan fingerprint density at radius 2 is 2.13 bits per heavy atom. The summed E-state index contributed by atoms with van der Waals surface area (Å²) in [5.74, 6) is -0.270. The van der Waals surface area contributed by atoms with Gasteiger partial charge in [0.2, 0.25) is 0 Å². The van der Waals surface area contributed by atoms with Crippen LogP contribution in [0.4, 0.5) is 4.39 Å². The van der Waals surface area contributed by atoms with Crippen LogP contribution in [0.15, 0.2) is 40.2 Å². The molecule has 0 spiro atoms. The summed E-state index contributed by atoms with van der Waals surface area (Å²) in [7, 11) is 0. The molecule has 0 aliphatic carbocycles. The van der Waals surface area contributed by atoms with E-state index in [2.05, 4.69) is 15.9 Å². The van der Waals surface area contributed by atoms with Crippen molar-refractivity contribution in [3.05, 3.63) is 56.4 Å². The molecule has 0 N–H and O–H groups in total. The minimum Gasteiger partial charge on any atom is -0.206 e. The molecule has 0 amide bonds. The highest BCUT2D eigenvalue weighted by atomic mass is 79.9. The summed E-state index contributed by atoms with van der Waals surface area (Å²) < 4.78 is 13.5. The van der Waals surface area contributed by atoms with Crippen molar-refractivity contribution >= 4 is 38.9 Å². The van der Waals surface area contributed by atoms with Crippen LogP contribution in [0.2, 0.25) is 0 Å². The third kappa shape index (κ3) is 2.41. The monoisotopic (exact) mass is 304 g/mol. The quantitative estimate of drug-likeness (QED) is 0.687. The molecule has 78 valence electrons. The molecule has 2 aromatic rings. The zero-order valence-corrected chi connectivity index (χ0v) is 10.7. The van der Waals surface area contributed by atoms with Gasteiger partial charge in [-0.1, -0.05) is 12.1 Å². The minimum absolute atomic E-state index is 0.207. The second-order valence-corrected chi connectivity index (χ2v) is 5.32. The smallest absolute Gasteiger partial charge is 0.137 e. The first-order valence-corrected chi connectivity index (χ1v) is 6.42. The van der Waals surface area contributed by atoms with Crippen molar-refractivity contribution in [3.63, 3.8) is 0 Å². The average molecular weight is 306 g/mol. The highest BCUT2D eigenvalue weighted by molar-refractivity contribution is 9.10. The van der Waals surface area contributed by atoms with Gasteiger partial charge in [0.05, 0.1) is 9.85 Å². The maximum atomic E-state index is 13.0. The van der Waals surface area contributed by atoms with Gasteiger partial charge >= 0.3 is 0 Å². The predicted octanol–water partition coefficient (Wildman–Crippen LogP) is 4.98. The number of benzene rings is 1. The molecule has 0 aliphatic heterocycles. The minimum atomic E-state index is -0.270. The Labute approximate surface area is 105 Å². The van der Waals surface area contributed by atoms with Crippen LogP contribution in [-0.2, 0) is 0 Å². The van der Waals surface area contributed by atoms with Crippen molar-refractivity contribution in [2.24, 2.45) is 0 Å². The van der Waals surface area contributed by atoms with Crippen LogP contribution in [0.3, 0.4) is 0 Å². The summed E-state index contributed by atoms with van der Waals surface area (Å²) >= 11 is 11.0. The SMILES string of the molecule is Fc1ccc(C(Cl)c2cccs2)cc1Br. The molecule has 0 saturated carbocycles. The molecule has 0 fully saturated rings. The molecule has 1 atom stereocenters. The number of halogens is 3. The summed E-state index contributed by atoms with van der Waals surface area (Å²) in [5.41, 5.74) is 0.896. The number of hydrogen-bond donors (Lipinski definition) is 0. The summed E-state index contributed by atoms with van der Waals surface area (Å²) in [6, 6.07) is 8.76. The number of thiophene rings is 1. The van der Waals surface area contributed by atoms with Crippen molar-refractivity contribution in [2.45, 2.75) is 5.38 Å². The number of hydrogen-bond acceptors (Lipinski definition) is 1. The van der Waals surface area contributed by atoms with Crippen molar-refractivity contribution in [2.75, 3.05) is 0 Å². The number of rotatable bonds is 2. The largest absolute Gasteiger partial charge is 0.206 e. The zero-order valence-electron chi connectivity index (χ0n) is 7.58. The topological polar surface area (TPSA) is 0 Å². The molecule has 0 bridgehead atoms. The Morgan fingerprint density at radius 1 is 1.33 bits per heavy atom. The average Bonchev–Trinajstić information content (AvgIpc) is 2.74. The molecular weight excluding hydrogens is 299 g/mol. The van der Waals surface area contributed by atoms with Crippen LogP contribution in [-0.4, -0.2) is 0 Å². The Balaban J connectivity index is 2.34. The van der Waals surface area contributed by atoms with E-state index < -0.39 is 0 Å². The standard InChI is InChI=1S/C11H7BrClFS/c12-8-6-7(3-4-9(8)14)11(13)10-2-1-5-15-10/h1-6,11H. The second kappa shape index (κ2) is 4.64. The van der Waals surface area contributed by atoms with E-state index in [1.54, 1.807) is 23.5 Å². The molecule has 0 radical (unpaired) electrons. The summed E-state index contributed by atoms with van der Waals surface area (Å²) in [6.45, 7) is 0.